The fourth-order valence-corrected chi connectivity index (χ4v) is 2.85. The summed E-state index contributed by atoms with van der Waals surface area (Å²) in [5.41, 5.74) is 3.88. The number of carbonyl (C=O) groups excluding carboxylic acids is 2. The van der Waals surface area contributed by atoms with Crippen LogP contribution in [-0.4, -0.2) is 17.5 Å². The van der Waals surface area contributed by atoms with Gasteiger partial charge in [0.15, 0.2) is 0 Å². The van der Waals surface area contributed by atoms with E-state index in [-0.39, 0.29) is 18.2 Å². The van der Waals surface area contributed by atoms with Crippen LogP contribution in [0.15, 0.2) is 53.6 Å². The van der Waals surface area contributed by atoms with Gasteiger partial charge in [-0.25, -0.2) is 5.01 Å². The summed E-state index contributed by atoms with van der Waals surface area (Å²) in [5.74, 6) is -0.355. The number of aryl methyl sites for hydroxylation is 2. The SMILES string of the molecule is CCc1ccccc1NC(=O)C1=NN(c2ccccc2C)C(=O)CC1. The molecule has 25 heavy (non-hydrogen) atoms. The molecule has 0 fully saturated rings. The van der Waals surface area contributed by atoms with Crippen molar-refractivity contribution in [3.05, 3.63) is 59.7 Å². The normalized spacial score (nSPS) is 14.2. The first kappa shape index (κ1) is 16.9. The van der Waals surface area contributed by atoms with Crippen molar-refractivity contribution in [2.45, 2.75) is 33.1 Å². The predicted octanol–water partition coefficient (Wildman–Crippen LogP) is 3.68. The lowest BCUT2D eigenvalue weighted by molar-refractivity contribution is -0.118. The number of nitrogens with zero attached hydrogens (tertiary/aromatic N) is 2. The highest BCUT2D eigenvalue weighted by atomic mass is 16.2. The minimum Gasteiger partial charge on any atom is -0.321 e. The third kappa shape index (κ3) is 3.60. The first-order chi connectivity index (χ1) is 12.1. The number of nitrogens with one attached hydrogen (secondary N) is 1. The topological polar surface area (TPSA) is 61.8 Å². The van der Waals surface area contributed by atoms with Crippen LogP contribution in [0.1, 0.15) is 30.9 Å². The van der Waals surface area contributed by atoms with Crippen molar-refractivity contribution in [2.75, 3.05) is 10.3 Å². The molecule has 0 unspecified atom stereocenters. The summed E-state index contributed by atoms with van der Waals surface area (Å²) in [4.78, 5) is 24.9. The van der Waals surface area contributed by atoms with Crippen molar-refractivity contribution in [3.63, 3.8) is 0 Å². The van der Waals surface area contributed by atoms with Crippen molar-refractivity contribution in [1.29, 1.82) is 0 Å². The first-order valence-electron chi connectivity index (χ1n) is 8.45. The molecular weight excluding hydrogens is 314 g/mol. The molecule has 0 bridgehead atoms. The molecule has 1 heterocycles. The number of hydrogen-bond acceptors (Lipinski definition) is 3. The molecule has 0 saturated heterocycles. The van der Waals surface area contributed by atoms with E-state index in [9.17, 15) is 9.59 Å². The van der Waals surface area contributed by atoms with Crippen molar-refractivity contribution in [2.24, 2.45) is 5.10 Å². The molecule has 0 spiro atoms. The second-order valence-corrected chi connectivity index (χ2v) is 6.00. The van der Waals surface area contributed by atoms with Gasteiger partial charge in [0.2, 0.25) is 5.91 Å². The van der Waals surface area contributed by atoms with Crippen molar-refractivity contribution >= 4 is 28.9 Å². The molecule has 2 aromatic carbocycles. The molecule has 0 saturated carbocycles. The Kier molecular flexibility index (Phi) is 4.93. The Labute approximate surface area is 147 Å². The fraction of sp³-hybridized carbons (Fsp3) is 0.250. The average molecular weight is 335 g/mol. The number of hydrogen-bond donors (Lipinski definition) is 1. The molecule has 2 amide bonds. The second-order valence-electron chi connectivity index (χ2n) is 6.00. The van der Waals surface area contributed by atoms with Gasteiger partial charge in [-0.1, -0.05) is 43.3 Å². The summed E-state index contributed by atoms with van der Waals surface area (Å²) in [6.07, 6.45) is 1.45. The number of carbonyl (C=O) groups is 2. The van der Waals surface area contributed by atoms with Crippen molar-refractivity contribution in [1.82, 2.24) is 0 Å². The van der Waals surface area contributed by atoms with Crippen LogP contribution in [0.2, 0.25) is 0 Å². The minimum atomic E-state index is -0.257. The molecular formula is C20H21N3O2. The first-order valence-corrected chi connectivity index (χ1v) is 8.45. The van der Waals surface area contributed by atoms with E-state index in [1.807, 2.05) is 62.4 Å². The summed E-state index contributed by atoms with van der Waals surface area (Å²) in [6.45, 7) is 3.96. The maximum atomic E-state index is 12.6. The van der Waals surface area contributed by atoms with Crippen LogP contribution in [0, 0.1) is 6.92 Å². The van der Waals surface area contributed by atoms with Crippen molar-refractivity contribution in [3.8, 4) is 0 Å². The van der Waals surface area contributed by atoms with Gasteiger partial charge in [0.05, 0.1) is 5.69 Å². The molecule has 0 radical (unpaired) electrons. The van der Waals surface area contributed by atoms with Crippen LogP contribution in [0.25, 0.3) is 0 Å². The number of hydrazone groups is 1. The van der Waals surface area contributed by atoms with E-state index in [1.165, 1.54) is 5.01 Å². The van der Waals surface area contributed by atoms with Crippen LogP contribution in [-0.2, 0) is 16.0 Å². The highest BCUT2D eigenvalue weighted by Gasteiger charge is 2.26. The number of para-hydroxylation sites is 2. The van der Waals surface area contributed by atoms with Gasteiger partial charge in [-0.3, -0.25) is 9.59 Å². The lowest BCUT2D eigenvalue weighted by Crippen LogP contribution is -2.36. The smallest absolute Gasteiger partial charge is 0.271 e. The van der Waals surface area contributed by atoms with E-state index in [2.05, 4.69) is 10.4 Å². The van der Waals surface area contributed by atoms with E-state index >= 15 is 0 Å². The van der Waals surface area contributed by atoms with E-state index in [4.69, 9.17) is 0 Å². The maximum absolute atomic E-state index is 12.6. The van der Waals surface area contributed by atoms with Gasteiger partial charge < -0.3 is 5.32 Å². The molecule has 5 nitrogen and oxygen atoms in total. The predicted molar refractivity (Wildman–Crippen MR) is 99.8 cm³/mol. The van der Waals surface area contributed by atoms with Gasteiger partial charge in [0.1, 0.15) is 5.71 Å². The summed E-state index contributed by atoms with van der Waals surface area (Å²) in [5, 5.41) is 8.61. The highest BCUT2D eigenvalue weighted by molar-refractivity contribution is 6.44. The van der Waals surface area contributed by atoms with Crippen LogP contribution in [0.5, 0.6) is 0 Å². The Morgan fingerprint density at radius 3 is 2.60 bits per heavy atom. The quantitative estimate of drug-likeness (QED) is 0.926. The molecule has 3 rings (SSSR count). The van der Waals surface area contributed by atoms with Gasteiger partial charge in [-0.2, -0.15) is 5.10 Å². The molecule has 128 valence electrons. The molecule has 0 aliphatic carbocycles. The van der Waals surface area contributed by atoms with Crippen LogP contribution in [0.3, 0.4) is 0 Å². The van der Waals surface area contributed by atoms with E-state index in [0.717, 1.165) is 23.2 Å². The number of rotatable bonds is 4. The van der Waals surface area contributed by atoms with Gasteiger partial charge in [-0.05, 0) is 36.6 Å². The molecule has 1 aliphatic rings. The maximum Gasteiger partial charge on any atom is 0.271 e. The third-order valence-corrected chi connectivity index (χ3v) is 4.28. The second kappa shape index (κ2) is 7.30. The Morgan fingerprint density at radius 2 is 1.84 bits per heavy atom. The molecule has 0 atom stereocenters. The fourth-order valence-electron chi connectivity index (χ4n) is 2.85. The molecule has 2 aromatic rings. The zero-order valence-electron chi connectivity index (χ0n) is 14.5. The molecule has 5 heteroatoms. The summed E-state index contributed by atoms with van der Waals surface area (Å²) >= 11 is 0. The largest absolute Gasteiger partial charge is 0.321 e. The standard InChI is InChI=1S/C20H21N3O2/c1-3-15-9-5-6-10-16(15)21-20(25)17-12-13-19(24)23(22-17)18-11-7-4-8-14(18)2/h4-11H,3,12-13H2,1-2H3,(H,21,25). The lowest BCUT2D eigenvalue weighted by Gasteiger charge is -2.24. The van der Waals surface area contributed by atoms with Crippen LogP contribution >= 0.6 is 0 Å². The number of amides is 2. The van der Waals surface area contributed by atoms with Crippen molar-refractivity contribution < 1.29 is 9.59 Å². The monoisotopic (exact) mass is 335 g/mol. The van der Waals surface area contributed by atoms with E-state index in [0.29, 0.717) is 17.8 Å². The lowest BCUT2D eigenvalue weighted by atomic mass is 10.1. The van der Waals surface area contributed by atoms with E-state index < -0.39 is 0 Å². The Hall–Kier alpha value is -2.95. The minimum absolute atomic E-state index is 0.0974. The molecule has 1 N–H and O–H groups in total. The van der Waals surface area contributed by atoms with Gasteiger partial charge in [0, 0.05) is 18.5 Å². The molecule has 0 aromatic heterocycles. The Bertz CT molecular complexity index is 842. The Morgan fingerprint density at radius 1 is 1.12 bits per heavy atom. The molecule has 1 aliphatic heterocycles. The number of benzene rings is 2. The van der Waals surface area contributed by atoms with Gasteiger partial charge in [0.25, 0.3) is 5.91 Å². The third-order valence-electron chi connectivity index (χ3n) is 4.28. The van der Waals surface area contributed by atoms with Crippen LogP contribution in [0.4, 0.5) is 11.4 Å². The average Bonchev–Trinajstić information content (AvgIpc) is 2.63. The zero-order valence-corrected chi connectivity index (χ0v) is 14.5. The summed E-state index contributed by atoms with van der Waals surface area (Å²) in [7, 11) is 0. The van der Waals surface area contributed by atoms with Gasteiger partial charge in [-0.15, -0.1) is 0 Å². The zero-order chi connectivity index (χ0) is 17.8. The van der Waals surface area contributed by atoms with Crippen LogP contribution < -0.4 is 10.3 Å². The summed E-state index contributed by atoms with van der Waals surface area (Å²) < 4.78 is 0. The highest BCUT2D eigenvalue weighted by Crippen LogP contribution is 2.24. The Balaban J connectivity index is 1.86. The number of anilines is 2. The summed E-state index contributed by atoms with van der Waals surface area (Å²) in [6, 6.07) is 15.2. The van der Waals surface area contributed by atoms with Gasteiger partial charge >= 0.3 is 0 Å². The van der Waals surface area contributed by atoms with E-state index in [1.54, 1.807) is 0 Å².